The average molecular weight is 361 g/mol. The maximum absolute atomic E-state index is 12.7. The van der Waals surface area contributed by atoms with Crippen molar-refractivity contribution in [3.63, 3.8) is 0 Å². The van der Waals surface area contributed by atoms with Crippen molar-refractivity contribution in [3.8, 4) is 11.4 Å². The smallest absolute Gasteiger partial charge is 0.364 e. The second-order valence-electron chi connectivity index (χ2n) is 6.47. The van der Waals surface area contributed by atoms with Gasteiger partial charge in [-0.05, 0) is 55.7 Å². The van der Waals surface area contributed by atoms with E-state index in [2.05, 4.69) is 10.4 Å². The van der Waals surface area contributed by atoms with E-state index in [0.717, 1.165) is 36.2 Å². The molecular formula is C21H19N3O3. The molecule has 27 heavy (non-hydrogen) atoms. The minimum absolute atomic E-state index is 0.151. The van der Waals surface area contributed by atoms with Gasteiger partial charge in [-0.3, -0.25) is 4.79 Å². The first kappa shape index (κ1) is 17.0. The van der Waals surface area contributed by atoms with Crippen LogP contribution in [0.4, 0.5) is 5.69 Å². The van der Waals surface area contributed by atoms with Crippen LogP contribution in [0.15, 0.2) is 54.6 Å². The van der Waals surface area contributed by atoms with Crippen LogP contribution in [0.25, 0.3) is 5.69 Å². The number of para-hydroxylation sites is 1. The van der Waals surface area contributed by atoms with E-state index in [-0.39, 0.29) is 5.91 Å². The second-order valence-corrected chi connectivity index (χ2v) is 6.47. The highest BCUT2D eigenvalue weighted by Gasteiger charge is 2.28. The van der Waals surface area contributed by atoms with Crippen molar-refractivity contribution in [2.75, 3.05) is 5.32 Å². The van der Waals surface area contributed by atoms with Gasteiger partial charge in [0, 0.05) is 23.9 Å². The normalized spacial score (nSPS) is 12.5. The summed E-state index contributed by atoms with van der Waals surface area (Å²) < 4.78 is 7.35. The highest BCUT2D eigenvalue weighted by atomic mass is 16.5. The average Bonchev–Trinajstić information content (AvgIpc) is 3.26. The van der Waals surface area contributed by atoms with E-state index in [4.69, 9.17) is 4.74 Å². The number of rotatable bonds is 4. The van der Waals surface area contributed by atoms with E-state index in [9.17, 15) is 9.59 Å². The Hall–Kier alpha value is -3.41. The van der Waals surface area contributed by atoms with Crippen LogP contribution in [0.5, 0.6) is 5.75 Å². The molecule has 1 amide bonds. The lowest BCUT2D eigenvalue weighted by Crippen LogP contribution is -2.12. The van der Waals surface area contributed by atoms with E-state index in [1.54, 1.807) is 24.3 Å². The number of amides is 1. The fourth-order valence-electron chi connectivity index (χ4n) is 3.35. The van der Waals surface area contributed by atoms with Gasteiger partial charge in [0.15, 0.2) is 5.69 Å². The Kier molecular flexibility index (Phi) is 4.46. The first-order valence-corrected chi connectivity index (χ1v) is 8.88. The molecular weight excluding hydrogens is 342 g/mol. The molecule has 1 aliphatic carbocycles. The van der Waals surface area contributed by atoms with Gasteiger partial charge >= 0.3 is 5.97 Å². The number of aromatic nitrogens is 2. The van der Waals surface area contributed by atoms with Gasteiger partial charge in [0.25, 0.3) is 0 Å². The van der Waals surface area contributed by atoms with Crippen LogP contribution in [-0.4, -0.2) is 21.7 Å². The molecule has 0 bridgehead atoms. The van der Waals surface area contributed by atoms with Crippen molar-refractivity contribution in [3.05, 3.63) is 71.5 Å². The van der Waals surface area contributed by atoms with Crippen molar-refractivity contribution in [1.82, 2.24) is 9.78 Å². The zero-order valence-corrected chi connectivity index (χ0v) is 14.9. The molecule has 0 unspecified atom stereocenters. The zero-order valence-electron chi connectivity index (χ0n) is 14.9. The van der Waals surface area contributed by atoms with Crippen molar-refractivity contribution >= 4 is 17.6 Å². The Bertz CT molecular complexity index is 992. The molecule has 2 aromatic carbocycles. The van der Waals surface area contributed by atoms with Crippen molar-refractivity contribution in [2.24, 2.45) is 0 Å². The van der Waals surface area contributed by atoms with Gasteiger partial charge in [0.05, 0.1) is 5.69 Å². The molecule has 6 nitrogen and oxygen atoms in total. The lowest BCUT2D eigenvalue weighted by atomic mass is 10.2. The molecule has 0 saturated heterocycles. The number of nitrogens with zero attached hydrogens (tertiary/aromatic N) is 2. The Balaban J connectivity index is 1.58. The van der Waals surface area contributed by atoms with Crippen LogP contribution in [0, 0.1) is 0 Å². The molecule has 0 radical (unpaired) electrons. The van der Waals surface area contributed by atoms with Gasteiger partial charge < -0.3 is 10.1 Å². The summed E-state index contributed by atoms with van der Waals surface area (Å²) in [6.45, 7) is 1.44. The standard InChI is InChI=1S/C21H19N3O3/c1-14(25)22-15-10-12-17(13-11-15)27-21(26)20-18-8-5-9-19(18)24(23-20)16-6-3-2-4-7-16/h2-4,6-7,10-13H,5,8-9H2,1H3,(H,22,25). The predicted molar refractivity (Wildman–Crippen MR) is 101 cm³/mol. The lowest BCUT2D eigenvalue weighted by molar-refractivity contribution is -0.114. The summed E-state index contributed by atoms with van der Waals surface area (Å²) in [5.74, 6) is -0.202. The highest BCUT2D eigenvalue weighted by molar-refractivity contribution is 5.91. The Morgan fingerprint density at radius 1 is 1.04 bits per heavy atom. The molecule has 0 fully saturated rings. The molecule has 136 valence electrons. The summed E-state index contributed by atoms with van der Waals surface area (Å²) in [4.78, 5) is 23.8. The molecule has 3 aromatic rings. The van der Waals surface area contributed by atoms with Gasteiger partial charge in [-0.2, -0.15) is 5.10 Å². The van der Waals surface area contributed by atoms with Gasteiger partial charge in [-0.25, -0.2) is 9.48 Å². The van der Waals surface area contributed by atoms with E-state index >= 15 is 0 Å². The van der Waals surface area contributed by atoms with Gasteiger partial charge in [-0.1, -0.05) is 18.2 Å². The molecule has 1 aromatic heterocycles. The Morgan fingerprint density at radius 3 is 2.48 bits per heavy atom. The van der Waals surface area contributed by atoms with Crippen molar-refractivity contribution in [2.45, 2.75) is 26.2 Å². The summed E-state index contributed by atoms with van der Waals surface area (Å²) >= 11 is 0. The number of carbonyl (C=O) groups is 2. The van der Waals surface area contributed by atoms with E-state index in [0.29, 0.717) is 17.1 Å². The molecule has 0 saturated carbocycles. The summed E-state index contributed by atoms with van der Waals surface area (Å²) in [5, 5.41) is 7.22. The number of benzene rings is 2. The fraction of sp³-hybridized carbons (Fsp3) is 0.190. The third kappa shape index (κ3) is 3.46. The monoisotopic (exact) mass is 361 g/mol. The maximum Gasteiger partial charge on any atom is 0.364 e. The minimum atomic E-state index is -0.463. The number of ether oxygens (including phenoxy) is 1. The van der Waals surface area contributed by atoms with Gasteiger partial charge in [0.1, 0.15) is 5.75 Å². The van der Waals surface area contributed by atoms with Crippen molar-refractivity contribution < 1.29 is 14.3 Å². The molecule has 0 spiro atoms. The molecule has 0 atom stereocenters. The number of carbonyl (C=O) groups excluding carboxylic acids is 2. The third-order valence-electron chi connectivity index (χ3n) is 4.51. The molecule has 1 N–H and O–H groups in total. The van der Waals surface area contributed by atoms with Gasteiger partial charge in [0.2, 0.25) is 5.91 Å². The number of nitrogens with one attached hydrogen (secondary N) is 1. The maximum atomic E-state index is 12.7. The first-order valence-electron chi connectivity index (χ1n) is 8.88. The van der Waals surface area contributed by atoms with Crippen LogP contribution in [0.3, 0.4) is 0 Å². The van der Waals surface area contributed by atoms with E-state index in [1.807, 2.05) is 35.0 Å². The van der Waals surface area contributed by atoms with Crippen LogP contribution in [0.2, 0.25) is 0 Å². The highest BCUT2D eigenvalue weighted by Crippen LogP contribution is 2.28. The SMILES string of the molecule is CC(=O)Nc1ccc(OC(=O)c2nn(-c3ccccc3)c3c2CCC3)cc1. The topological polar surface area (TPSA) is 73.2 Å². The number of fused-ring (bicyclic) bond motifs is 1. The van der Waals surface area contributed by atoms with Crippen LogP contribution in [0.1, 0.15) is 35.1 Å². The Labute approximate surface area is 156 Å². The Morgan fingerprint density at radius 2 is 1.78 bits per heavy atom. The summed E-state index contributed by atoms with van der Waals surface area (Å²) in [6, 6.07) is 16.5. The van der Waals surface area contributed by atoms with Crippen LogP contribution >= 0.6 is 0 Å². The number of esters is 1. The lowest BCUT2D eigenvalue weighted by Gasteiger charge is -2.06. The first-order chi connectivity index (χ1) is 13.1. The van der Waals surface area contributed by atoms with Gasteiger partial charge in [-0.15, -0.1) is 0 Å². The largest absolute Gasteiger partial charge is 0.422 e. The summed E-state index contributed by atoms with van der Waals surface area (Å²) in [7, 11) is 0. The molecule has 0 aliphatic heterocycles. The number of hydrogen-bond acceptors (Lipinski definition) is 4. The van der Waals surface area contributed by atoms with E-state index in [1.165, 1.54) is 6.92 Å². The molecule has 1 heterocycles. The second kappa shape index (κ2) is 7.07. The molecule has 1 aliphatic rings. The third-order valence-corrected chi connectivity index (χ3v) is 4.51. The minimum Gasteiger partial charge on any atom is -0.422 e. The molecule has 6 heteroatoms. The predicted octanol–water partition coefficient (Wildman–Crippen LogP) is 3.54. The van der Waals surface area contributed by atoms with E-state index < -0.39 is 5.97 Å². The summed E-state index contributed by atoms with van der Waals surface area (Å²) in [5.41, 5.74) is 4.01. The quantitative estimate of drug-likeness (QED) is 0.570. The fourth-order valence-corrected chi connectivity index (χ4v) is 3.35. The zero-order chi connectivity index (χ0) is 18.8. The van der Waals surface area contributed by atoms with Crippen LogP contribution in [-0.2, 0) is 17.6 Å². The van der Waals surface area contributed by atoms with Crippen molar-refractivity contribution in [1.29, 1.82) is 0 Å². The summed E-state index contributed by atoms with van der Waals surface area (Å²) in [6.07, 6.45) is 2.73. The van der Waals surface area contributed by atoms with Crippen LogP contribution < -0.4 is 10.1 Å². The molecule has 4 rings (SSSR count). The number of anilines is 1. The number of hydrogen-bond donors (Lipinski definition) is 1.